The molecule has 108 valence electrons. The van der Waals surface area contributed by atoms with E-state index in [-0.39, 0.29) is 17.4 Å². The number of nitrogens with one attached hydrogen (secondary N) is 1. The van der Waals surface area contributed by atoms with Crippen molar-refractivity contribution in [2.75, 3.05) is 0 Å². The predicted molar refractivity (Wildman–Crippen MR) is 85.9 cm³/mol. The number of hydrogen-bond acceptors (Lipinski definition) is 2. The molecule has 1 fully saturated rings. The number of hydrogen-bond donors (Lipinski definition) is 2. The topological polar surface area (TPSA) is 55.1 Å². The van der Waals surface area contributed by atoms with Crippen molar-refractivity contribution < 1.29 is 4.79 Å². The van der Waals surface area contributed by atoms with Crippen LogP contribution in [0.3, 0.4) is 0 Å². The van der Waals surface area contributed by atoms with Crippen LogP contribution in [0.5, 0.6) is 0 Å². The Morgan fingerprint density at radius 3 is 2.25 bits per heavy atom. The van der Waals surface area contributed by atoms with E-state index in [1.54, 1.807) is 0 Å². The molecule has 1 aliphatic carbocycles. The van der Waals surface area contributed by atoms with Crippen molar-refractivity contribution in [3.8, 4) is 0 Å². The van der Waals surface area contributed by atoms with Gasteiger partial charge in [0.25, 0.3) is 5.91 Å². The van der Waals surface area contributed by atoms with Crippen molar-refractivity contribution in [2.45, 2.75) is 45.1 Å². The standard InChI is InChI=1S/C16H22N2OS/c1-16(2,3)12-8-6-11(7-9-12)15(19)18-13(14(17)20)10-4-5-10/h6-10,13H,4-5H2,1-3H3,(H2,17,20)(H,18,19). The van der Waals surface area contributed by atoms with E-state index >= 15 is 0 Å². The van der Waals surface area contributed by atoms with Crippen LogP contribution in [0.25, 0.3) is 0 Å². The molecule has 20 heavy (non-hydrogen) atoms. The molecule has 1 aromatic rings. The molecule has 0 saturated heterocycles. The van der Waals surface area contributed by atoms with Crippen LogP contribution in [0.4, 0.5) is 0 Å². The smallest absolute Gasteiger partial charge is 0.251 e. The van der Waals surface area contributed by atoms with E-state index in [1.807, 2.05) is 24.3 Å². The second-order valence-corrected chi connectivity index (χ2v) is 6.99. The molecule has 1 amide bonds. The minimum absolute atomic E-state index is 0.0877. The summed E-state index contributed by atoms with van der Waals surface area (Å²) >= 11 is 5.03. The van der Waals surface area contributed by atoms with Gasteiger partial charge < -0.3 is 11.1 Å². The van der Waals surface area contributed by atoms with Crippen molar-refractivity contribution in [2.24, 2.45) is 11.7 Å². The molecule has 3 N–H and O–H groups in total. The highest BCUT2D eigenvalue weighted by Crippen LogP contribution is 2.33. The Balaban J connectivity index is 2.07. The molecule has 1 aliphatic rings. The molecule has 1 saturated carbocycles. The Labute approximate surface area is 125 Å². The van der Waals surface area contributed by atoms with E-state index in [0.717, 1.165) is 12.8 Å². The monoisotopic (exact) mass is 290 g/mol. The zero-order chi connectivity index (χ0) is 14.9. The van der Waals surface area contributed by atoms with E-state index in [1.165, 1.54) is 5.56 Å². The number of carbonyl (C=O) groups is 1. The summed E-state index contributed by atoms with van der Waals surface area (Å²) in [5.41, 5.74) is 7.65. The number of benzene rings is 1. The summed E-state index contributed by atoms with van der Waals surface area (Å²) in [5.74, 6) is 0.320. The molecule has 0 heterocycles. The lowest BCUT2D eigenvalue weighted by Crippen LogP contribution is -2.45. The first kappa shape index (κ1) is 15.0. The number of thiocarbonyl (C=S) groups is 1. The van der Waals surface area contributed by atoms with Gasteiger partial charge in [-0.2, -0.15) is 0 Å². The first-order valence-corrected chi connectivity index (χ1v) is 7.40. The second-order valence-electron chi connectivity index (χ2n) is 6.52. The zero-order valence-corrected chi connectivity index (χ0v) is 13.1. The number of amides is 1. The first-order valence-electron chi connectivity index (χ1n) is 7.00. The van der Waals surface area contributed by atoms with Crippen molar-refractivity contribution in [1.29, 1.82) is 0 Å². The largest absolute Gasteiger partial charge is 0.392 e. The SMILES string of the molecule is CC(C)(C)c1ccc(C(=O)NC(C(N)=S)C2CC2)cc1. The minimum atomic E-state index is -0.167. The summed E-state index contributed by atoms with van der Waals surface area (Å²) in [6, 6.07) is 7.56. The lowest BCUT2D eigenvalue weighted by molar-refractivity contribution is 0.0943. The van der Waals surface area contributed by atoms with Crippen LogP contribution >= 0.6 is 12.2 Å². The average Bonchev–Trinajstić information content (AvgIpc) is 3.18. The maximum Gasteiger partial charge on any atom is 0.251 e. The van der Waals surface area contributed by atoms with Gasteiger partial charge in [0.15, 0.2) is 0 Å². The third-order valence-corrected chi connectivity index (χ3v) is 3.95. The molecule has 0 radical (unpaired) electrons. The van der Waals surface area contributed by atoms with Crippen LogP contribution in [0.1, 0.15) is 49.5 Å². The van der Waals surface area contributed by atoms with Gasteiger partial charge in [-0.05, 0) is 41.9 Å². The van der Waals surface area contributed by atoms with Gasteiger partial charge in [0.1, 0.15) is 0 Å². The quantitative estimate of drug-likeness (QED) is 0.838. The summed E-state index contributed by atoms with van der Waals surface area (Å²) in [7, 11) is 0. The summed E-state index contributed by atoms with van der Waals surface area (Å²) in [6.07, 6.45) is 2.18. The van der Waals surface area contributed by atoms with Crippen LogP contribution in [-0.2, 0) is 5.41 Å². The highest BCUT2D eigenvalue weighted by Gasteiger charge is 2.34. The molecular formula is C16H22N2OS. The Bertz CT molecular complexity index is 512. The molecule has 0 aromatic heterocycles. The van der Waals surface area contributed by atoms with Gasteiger partial charge >= 0.3 is 0 Å². The van der Waals surface area contributed by atoms with Gasteiger partial charge in [0.2, 0.25) is 0 Å². The van der Waals surface area contributed by atoms with Crippen LogP contribution in [0.2, 0.25) is 0 Å². The van der Waals surface area contributed by atoms with Crippen LogP contribution in [-0.4, -0.2) is 16.9 Å². The Hall–Kier alpha value is -1.42. The van der Waals surface area contributed by atoms with E-state index in [9.17, 15) is 4.79 Å². The molecule has 1 atom stereocenters. The number of carbonyl (C=O) groups excluding carboxylic acids is 1. The van der Waals surface area contributed by atoms with Gasteiger partial charge in [-0.15, -0.1) is 0 Å². The van der Waals surface area contributed by atoms with Gasteiger partial charge in [-0.25, -0.2) is 0 Å². The molecule has 2 rings (SSSR count). The number of nitrogens with two attached hydrogens (primary N) is 1. The van der Waals surface area contributed by atoms with Gasteiger partial charge in [-0.1, -0.05) is 45.1 Å². The lowest BCUT2D eigenvalue weighted by Gasteiger charge is -2.20. The van der Waals surface area contributed by atoms with Crippen LogP contribution in [0, 0.1) is 5.92 Å². The van der Waals surface area contributed by atoms with Crippen molar-refractivity contribution in [3.63, 3.8) is 0 Å². The van der Waals surface area contributed by atoms with Gasteiger partial charge in [0, 0.05) is 5.56 Å². The molecule has 0 spiro atoms. The maximum atomic E-state index is 12.2. The number of rotatable bonds is 4. The Morgan fingerprint density at radius 2 is 1.85 bits per heavy atom. The molecule has 1 aromatic carbocycles. The normalized spacial score (nSPS) is 16.6. The fraction of sp³-hybridized carbons (Fsp3) is 0.500. The van der Waals surface area contributed by atoms with E-state index in [4.69, 9.17) is 18.0 Å². The Morgan fingerprint density at radius 1 is 1.30 bits per heavy atom. The maximum absolute atomic E-state index is 12.2. The average molecular weight is 290 g/mol. The highest BCUT2D eigenvalue weighted by atomic mass is 32.1. The van der Waals surface area contributed by atoms with E-state index in [2.05, 4.69) is 26.1 Å². The summed E-state index contributed by atoms with van der Waals surface area (Å²) in [4.78, 5) is 12.6. The van der Waals surface area contributed by atoms with E-state index in [0.29, 0.717) is 16.5 Å². The van der Waals surface area contributed by atoms with E-state index < -0.39 is 0 Å². The van der Waals surface area contributed by atoms with Gasteiger partial charge in [0.05, 0.1) is 11.0 Å². The summed E-state index contributed by atoms with van der Waals surface area (Å²) in [6.45, 7) is 6.45. The summed E-state index contributed by atoms with van der Waals surface area (Å²) < 4.78 is 0. The molecule has 4 heteroatoms. The van der Waals surface area contributed by atoms with Crippen molar-refractivity contribution in [1.82, 2.24) is 5.32 Å². The molecule has 3 nitrogen and oxygen atoms in total. The molecule has 1 unspecified atom stereocenters. The van der Waals surface area contributed by atoms with Crippen LogP contribution < -0.4 is 11.1 Å². The second kappa shape index (κ2) is 5.52. The molecule has 0 aliphatic heterocycles. The zero-order valence-electron chi connectivity index (χ0n) is 12.3. The molecular weight excluding hydrogens is 268 g/mol. The summed E-state index contributed by atoms with van der Waals surface area (Å²) in [5, 5.41) is 2.95. The van der Waals surface area contributed by atoms with Gasteiger partial charge in [-0.3, -0.25) is 4.79 Å². The Kier molecular flexibility index (Phi) is 4.14. The minimum Gasteiger partial charge on any atom is -0.392 e. The lowest BCUT2D eigenvalue weighted by atomic mass is 9.86. The van der Waals surface area contributed by atoms with Crippen molar-refractivity contribution in [3.05, 3.63) is 35.4 Å². The predicted octanol–water partition coefficient (Wildman–Crippen LogP) is 2.78. The molecule has 0 bridgehead atoms. The highest BCUT2D eigenvalue weighted by molar-refractivity contribution is 7.80. The third kappa shape index (κ3) is 3.57. The first-order chi connectivity index (χ1) is 9.29. The fourth-order valence-corrected chi connectivity index (χ4v) is 2.45. The van der Waals surface area contributed by atoms with Crippen LogP contribution in [0.15, 0.2) is 24.3 Å². The fourth-order valence-electron chi connectivity index (χ4n) is 2.20. The third-order valence-electron chi connectivity index (χ3n) is 3.70. The van der Waals surface area contributed by atoms with Crippen molar-refractivity contribution >= 4 is 23.1 Å².